The Morgan fingerprint density at radius 3 is 1.09 bits per heavy atom. The fourth-order valence-electron chi connectivity index (χ4n) is 11.1. The number of cyclic esters (lactones) is 2. The number of phenols is 20. The van der Waals surface area contributed by atoms with Crippen LogP contribution in [0.1, 0.15) is 72.5 Å². The summed E-state index contributed by atoms with van der Waals surface area (Å²) in [5.41, 5.74) is -12.5. The number of ether oxygens (including phenoxy) is 11. The van der Waals surface area contributed by atoms with Crippen LogP contribution in [0.3, 0.4) is 0 Å². The van der Waals surface area contributed by atoms with Crippen molar-refractivity contribution in [3.05, 3.63) is 93.5 Å². The van der Waals surface area contributed by atoms with Crippen molar-refractivity contribution in [1.29, 1.82) is 0 Å². The highest BCUT2D eigenvalue weighted by molar-refractivity contribution is 6.10. The molecule has 40 heteroatoms. The number of esters is 7. The summed E-state index contributed by atoms with van der Waals surface area (Å²) in [6.45, 7) is -2.59. The second kappa shape index (κ2) is 26.0. The number of aromatic hydroxyl groups is 20. The second-order valence-corrected chi connectivity index (χ2v) is 22.2. The van der Waals surface area contributed by atoms with E-state index in [4.69, 9.17) is 52.1 Å². The van der Waals surface area contributed by atoms with Gasteiger partial charge in [-0.15, -0.1) is 0 Å². The van der Waals surface area contributed by atoms with Crippen molar-refractivity contribution in [2.45, 2.75) is 61.4 Å². The Labute approximate surface area is 562 Å². The highest BCUT2D eigenvalue weighted by Gasteiger charge is 2.55. The van der Waals surface area contributed by atoms with Gasteiger partial charge in [-0.1, -0.05) is 0 Å². The Hall–Kier alpha value is -13.6. The maximum absolute atomic E-state index is 14.9. The highest BCUT2D eigenvalue weighted by Crippen LogP contribution is 2.57. The summed E-state index contributed by atoms with van der Waals surface area (Å²) in [4.78, 5) is 100. The van der Waals surface area contributed by atoms with Gasteiger partial charge in [-0.05, 0) is 42.5 Å². The van der Waals surface area contributed by atoms with Crippen molar-refractivity contribution in [3.8, 4) is 149 Å². The zero-order valence-corrected chi connectivity index (χ0v) is 50.6. The Bertz CT molecular complexity index is 4700. The van der Waals surface area contributed by atoms with Crippen LogP contribution in [0.5, 0.6) is 126 Å². The van der Waals surface area contributed by atoms with Gasteiger partial charge in [0.1, 0.15) is 37.1 Å². The van der Waals surface area contributed by atoms with Crippen LogP contribution in [0.2, 0.25) is 0 Å². The van der Waals surface area contributed by atoms with Crippen LogP contribution in [0, 0.1) is 0 Å². The Morgan fingerprint density at radius 1 is 0.363 bits per heavy atom. The third-order valence-corrected chi connectivity index (χ3v) is 16.1. The Morgan fingerprint density at radius 2 is 0.686 bits per heavy atom. The molecular weight excluding hydrogens is 1380 g/mol. The van der Waals surface area contributed by atoms with Crippen LogP contribution in [0.4, 0.5) is 0 Å². The van der Waals surface area contributed by atoms with E-state index >= 15 is 0 Å². The first-order valence-electron chi connectivity index (χ1n) is 28.5. The molecule has 0 amide bonds. The van der Waals surface area contributed by atoms with E-state index in [0.29, 0.717) is 48.5 Å². The SMILES string of the molecule is COC1C(O)OC2COC(=O)c3cc(Oc4c(C(=O)OC5C(O)OC6COC(=O)c7cc(O)c(O)c(O)c7-c7c(cc(O)c(O)c7O)C(=O)O[C@H]6[C@@H]5OC(=O)c5cc(O)c(O)c(O)c5)cc(O)c(O)c4O)c(O)c(O)c3-c3c(cc(O)c(O)c3O)C(=O)O[C@H]2[C@@H]1OC(=O)c1cc(O)c(O)c(O)c1. The van der Waals surface area contributed by atoms with Gasteiger partial charge in [0.2, 0.25) is 34.5 Å². The van der Waals surface area contributed by atoms with Gasteiger partial charge in [0, 0.05) is 41.5 Å². The van der Waals surface area contributed by atoms with Gasteiger partial charge < -0.3 is 164 Å². The summed E-state index contributed by atoms with van der Waals surface area (Å²) < 4.78 is 60.8. The van der Waals surface area contributed by atoms with Crippen LogP contribution < -0.4 is 4.74 Å². The second-order valence-electron chi connectivity index (χ2n) is 22.2. The third-order valence-electron chi connectivity index (χ3n) is 16.1. The van der Waals surface area contributed by atoms with Gasteiger partial charge in [-0.25, -0.2) is 33.6 Å². The standard InChI is InChI=1S/C62H48O40/c1-92-52-50(100-54(83)13-2-20(63)35(71)21(64)3-13)48-29(96-61(52)90)11-94-57(86)18-10-28(41(77)45(81)34(18)33-17(58(87)98-48)8-26(69)39(75)44(33)80)95-47-19(9-27(70)40(76)46(47)82)60(89)102-53-51(101-55(84)14-4-22(65)36(72)23(66)5-14)49-30(97-62(53)91)12-93-56(85)15-6-24(67)37(73)42(78)31(15)32-16(59(88)99-49)7-25(68)38(74)43(32)79/h2-10,29-30,48-53,61-82,90-91H,11-12H2,1H3/t29?,30?,48-,49-,50+,51+,52?,53?,61?,62?/m1/s1. The topological polar surface area (TPSA) is 666 Å². The van der Waals surface area contributed by atoms with Gasteiger partial charge in [-0.3, -0.25) is 0 Å². The molecule has 22 N–H and O–H groups in total. The molecule has 11 rings (SSSR count). The number of rotatable bonds is 9. The molecule has 102 heavy (non-hydrogen) atoms. The van der Waals surface area contributed by atoms with E-state index in [1.165, 1.54) is 0 Å². The van der Waals surface area contributed by atoms with E-state index < -0.39 is 304 Å². The van der Waals surface area contributed by atoms with E-state index in [9.17, 15) is 146 Å². The maximum atomic E-state index is 14.9. The molecule has 4 aliphatic rings. The van der Waals surface area contributed by atoms with Crippen LogP contribution in [-0.2, 0) is 47.4 Å². The molecule has 0 saturated carbocycles. The fraction of sp³-hybridized carbons (Fsp3) is 0.210. The van der Waals surface area contributed by atoms with Gasteiger partial charge >= 0.3 is 41.8 Å². The summed E-state index contributed by atoms with van der Waals surface area (Å²) in [6, 6.07) is 3.78. The van der Waals surface area contributed by atoms with Gasteiger partial charge in [-0.2, -0.15) is 0 Å². The van der Waals surface area contributed by atoms with Gasteiger partial charge in [0.05, 0.1) is 33.4 Å². The lowest BCUT2D eigenvalue weighted by atomic mass is 9.91. The minimum Gasteiger partial charge on any atom is -0.504 e. The molecule has 0 radical (unpaired) electrons. The van der Waals surface area contributed by atoms with Crippen LogP contribution in [0.15, 0.2) is 54.6 Å². The molecule has 7 aromatic carbocycles. The summed E-state index contributed by atoms with van der Waals surface area (Å²) in [5.74, 6) is -43.6. The van der Waals surface area contributed by atoms with E-state index in [1.807, 2.05) is 0 Å². The Kier molecular flexibility index (Phi) is 17.8. The Balaban J connectivity index is 0.998. The number of aliphatic hydroxyl groups is 2. The lowest BCUT2D eigenvalue weighted by Crippen LogP contribution is -2.62. The van der Waals surface area contributed by atoms with Crippen molar-refractivity contribution in [2.75, 3.05) is 20.3 Å². The molecule has 0 spiro atoms. The lowest BCUT2D eigenvalue weighted by Gasteiger charge is -2.42. The van der Waals surface area contributed by atoms with Crippen molar-refractivity contribution >= 4 is 41.8 Å². The average molecular weight is 1430 g/mol. The quantitative estimate of drug-likeness (QED) is 0.0552. The molecule has 2 saturated heterocycles. The number of hydrogen-bond donors (Lipinski definition) is 22. The predicted molar refractivity (Wildman–Crippen MR) is 316 cm³/mol. The largest absolute Gasteiger partial charge is 0.504 e. The van der Waals surface area contributed by atoms with E-state index in [0.717, 1.165) is 7.11 Å². The zero-order valence-electron chi connectivity index (χ0n) is 50.6. The monoisotopic (exact) mass is 1430 g/mol. The third kappa shape index (κ3) is 11.9. The molecule has 0 bridgehead atoms. The first kappa shape index (κ1) is 69.8. The number of methoxy groups -OCH3 is 1. The number of fused-ring (bicyclic) bond motifs is 8. The van der Waals surface area contributed by atoms with Crippen molar-refractivity contribution in [1.82, 2.24) is 0 Å². The lowest BCUT2D eigenvalue weighted by molar-refractivity contribution is -0.290. The van der Waals surface area contributed by atoms with Crippen LogP contribution in [0.25, 0.3) is 22.3 Å². The summed E-state index contributed by atoms with van der Waals surface area (Å²) in [6.07, 6.45) is -23.6. The number of hydrogen-bond acceptors (Lipinski definition) is 40. The van der Waals surface area contributed by atoms with Crippen molar-refractivity contribution < 1.29 is 198 Å². The molecule has 2 fully saturated rings. The van der Waals surface area contributed by atoms with E-state index in [1.54, 1.807) is 0 Å². The van der Waals surface area contributed by atoms with Gasteiger partial charge in [0.25, 0.3) is 0 Å². The smallest absolute Gasteiger partial charge is 0.342 e. The molecule has 0 aromatic heterocycles. The normalized spacial score (nSPS) is 21.7. The van der Waals surface area contributed by atoms with E-state index in [2.05, 4.69) is 0 Å². The summed E-state index contributed by atoms with van der Waals surface area (Å²) in [7, 11) is 0.927. The highest BCUT2D eigenvalue weighted by atomic mass is 16.7. The number of phenolic OH excluding ortho intramolecular Hbond substituents is 20. The predicted octanol–water partition coefficient (Wildman–Crippen LogP) is 1.44. The average Bonchev–Trinajstić information content (AvgIpc) is 1.10. The molecule has 0 aliphatic carbocycles. The molecule has 536 valence electrons. The summed E-state index contributed by atoms with van der Waals surface area (Å²) >= 11 is 0. The number of carbonyl (C=O) groups is 7. The van der Waals surface area contributed by atoms with E-state index in [-0.39, 0.29) is 6.07 Å². The molecule has 4 aliphatic heterocycles. The summed E-state index contributed by atoms with van der Waals surface area (Å²) in [5, 5.41) is 239. The molecule has 4 heterocycles. The zero-order chi connectivity index (χ0) is 74.4. The first-order valence-corrected chi connectivity index (χ1v) is 28.5. The van der Waals surface area contributed by atoms with Gasteiger partial charge in [0.15, 0.2) is 135 Å². The number of aliphatic hydroxyl groups excluding tert-OH is 2. The first-order chi connectivity index (χ1) is 48.0. The van der Waals surface area contributed by atoms with Crippen LogP contribution in [-0.4, -0.2) is 236 Å². The van der Waals surface area contributed by atoms with Crippen molar-refractivity contribution in [3.63, 3.8) is 0 Å². The maximum Gasteiger partial charge on any atom is 0.342 e. The molecule has 6 unspecified atom stereocenters. The molecular formula is C62H48O40. The molecule has 10 atom stereocenters. The number of benzene rings is 7. The fourth-order valence-corrected chi connectivity index (χ4v) is 11.1. The van der Waals surface area contributed by atoms with Crippen molar-refractivity contribution in [2.24, 2.45) is 0 Å². The number of carbonyl (C=O) groups excluding carboxylic acids is 7. The molecule has 7 aromatic rings. The minimum atomic E-state index is -2.83. The van der Waals surface area contributed by atoms with Crippen LogP contribution >= 0.6 is 0 Å². The minimum absolute atomic E-state index is 0.201. The molecule has 40 nitrogen and oxygen atoms in total.